The number of benzene rings is 1. The normalized spacial score (nSPS) is 20.4. The van der Waals surface area contributed by atoms with Gasteiger partial charge in [-0.2, -0.15) is 5.10 Å². The molecule has 1 saturated carbocycles. The number of aliphatic hydroxyl groups excluding tert-OH is 1. The van der Waals surface area contributed by atoms with Gasteiger partial charge in [-0.05, 0) is 25.8 Å². The van der Waals surface area contributed by atoms with Gasteiger partial charge in [-0.15, -0.1) is 0 Å². The number of carbonyl (C=O) groups excluding carboxylic acids is 1. The molecule has 134 valence electrons. The van der Waals surface area contributed by atoms with Crippen LogP contribution in [0.25, 0.3) is 11.3 Å². The molecule has 7 nitrogen and oxygen atoms in total. The number of amides is 1. The highest BCUT2D eigenvalue weighted by molar-refractivity contribution is 5.92. The standard InChI is InChI=1S/C19H20N4O3/c1-12(24)17-7-8-20-23(17)15-9-14(10-15)21-19(25)18-11-16(22-26-18)13-5-3-2-4-6-13/h2-8,11-12,14-15,24H,9-10H2,1H3,(H,21,25)/t12-,14?,15?/m1/s1. The second kappa shape index (κ2) is 6.76. The number of rotatable bonds is 5. The fraction of sp³-hybridized carbons (Fsp3) is 0.316. The summed E-state index contributed by atoms with van der Waals surface area (Å²) in [5.41, 5.74) is 2.34. The van der Waals surface area contributed by atoms with Crippen LogP contribution in [-0.4, -0.2) is 32.0 Å². The van der Waals surface area contributed by atoms with E-state index in [0.29, 0.717) is 5.69 Å². The Kier molecular flexibility index (Phi) is 4.30. The summed E-state index contributed by atoms with van der Waals surface area (Å²) >= 11 is 0. The molecule has 0 unspecified atom stereocenters. The lowest BCUT2D eigenvalue weighted by molar-refractivity contribution is 0.0843. The smallest absolute Gasteiger partial charge is 0.290 e. The maximum absolute atomic E-state index is 12.4. The first-order valence-corrected chi connectivity index (χ1v) is 8.66. The van der Waals surface area contributed by atoms with Crippen molar-refractivity contribution in [3.63, 3.8) is 0 Å². The number of nitrogens with one attached hydrogen (secondary N) is 1. The number of carbonyl (C=O) groups is 1. The quantitative estimate of drug-likeness (QED) is 0.736. The molecule has 2 N–H and O–H groups in total. The van der Waals surface area contributed by atoms with Crippen LogP contribution in [0.3, 0.4) is 0 Å². The van der Waals surface area contributed by atoms with Crippen LogP contribution in [0.5, 0.6) is 0 Å². The molecule has 0 bridgehead atoms. The van der Waals surface area contributed by atoms with Crippen LogP contribution in [0.1, 0.15) is 48.2 Å². The minimum absolute atomic E-state index is 0.0591. The molecule has 1 amide bonds. The summed E-state index contributed by atoms with van der Waals surface area (Å²) in [5, 5.41) is 21.0. The molecule has 1 fully saturated rings. The topological polar surface area (TPSA) is 93.2 Å². The van der Waals surface area contributed by atoms with Crippen molar-refractivity contribution >= 4 is 5.91 Å². The highest BCUT2D eigenvalue weighted by Crippen LogP contribution is 2.34. The molecule has 26 heavy (non-hydrogen) atoms. The van der Waals surface area contributed by atoms with Crippen molar-refractivity contribution in [1.82, 2.24) is 20.3 Å². The van der Waals surface area contributed by atoms with E-state index in [1.54, 1.807) is 19.2 Å². The molecule has 1 atom stereocenters. The molecule has 2 heterocycles. The summed E-state index contributed by atoms with van der Waals surface area (Å²) in [5.74, 6) is -0.0598. The van der Waals surface area contributed by atoms with Crippen LogP contribution in [0.4, 0.5) is 0 Å². The van der Waals surface area contributed by atoms with Crippen LogP contribution in [0.15, 0.2) is 53.2 Å². The van der Waals surface area contributed by atoms with Gasteiger partial charge in [0.1, 0.15) is 5.69 Å². The van der Waals surface area contributed by atoms with E-state index in [1.165, 1.54) is 0 Å². The molecular weight excluding hydrogens is 332 g/mol. The van der Waals surface area contributed by atoms with Gasteiger partial charge in [-0.3, -0.25) is 9.48 Å². The maximum Gasteiger partial charge on any atom is 0.290 e. The molecule has 0 aliphatic heterocycles. The molecule has 1 aliphatic carbocycles. The molecule has 7 heteroatoms. The van der Waals surface area contributed by atoms with Crippen molar-refractivity contribution in [3.05, 3.63) is 60.1 Å². The molecule has 0 radical (unpaired) electrons. The zero-order valence-electron chi connectivity index (χ0n) is 14.4. The van der Waals surface area contributed by atoms with Gasteiger partial charge in [-0.1, -0.05) is 35.5 Å². The van der Waals surface area contributed by atoms with Crippen molar-refractivity contribution < 1.29 is 14.4 Å². The van der Waals surface area contributed by atoms with E-state index < -0.39 is 6.10 Å². The van der Waals surface area contributed by atoms with Crippen LogP contribution in [-0.2, 0) is 0 Å². The third-order valence-corrected chi connectivity index (χ3v) is 4.73. The van der Waals surface area contributed by atoms with Gasteiger partial charge in [0, 0.05) is 23.9 Å². The lowest BCUT2D eigenvalue weighted by Crippen LogP contribution is -2.45. The minimum atomic E-state index is -0.559. The second-order valence-corrected chi connectivity index (χ2v) is 6.61. The van der Waals surface area contributed by atoms with E-state index in [-0.39, 0.29) is 23.8 Å². The molecule has 0 spiro atoms. The number of nitrogens with zero attached hydrogens (tertiary/aromatic N) is 3. The molecule has 0 saturated heterocycles. The van der Waals surface area contributed by atoms with Crippen molar-refractivity contribution in [3.8, 4) is 11.3 Å². The SMILES string of the molecule is C[C@@H](O)c1ccnn1C1CC(NC(=O)c2cc(-c3ccccc3)no2)C1. The summed E-state index contributed by atoms with van der Waals surface area (Å²) in [6.07, 6.45) is 2.67. The highest BCUT2D eigenvalue weighted by atomic mass is 16.5. The van der Waals surface area contributed by atoms with Crippen molar-refractivity contribution in [2.24, 2.45) is 0 Å². The average Bonchev–Trinajstić information content (AvgIpc) is 3.27. The predicted octanol–water partition coefficient (Wildman–Crippen LogP) is 2.72. The number of aliphatic hydroxyl groups is 1. The predicted molar refractivity (Wildman–Crippen MR) is 94.3 cm³/mol. The monoisotopic (exact) mass is 352 g/mol. The Morgan fingerprint density at radius 2 is 2.08 bits per heavy atom. The molecule has 1 aliphatic rings. The van der Waals surface area contributed by atoms with Gasteiger partial charge in [0.05, 0.1) is 17.8 Å². The van der Waals surface area contributed by atoms with Gasteiger partial charge in [-0.25, -0.2) is 0 Å². The third kappa shape index (κ3) is 3.13. The Hall–Kier alpha value is -2.93. The van der Waals surface area contributed by atoms with Gasteiger partial charge < -0.3 is 14.9 Å². The van der Waals surface area contributed by atoms with E-state index in [2.05, 4.69) is 15.6 Å². The van der Waals surface area contributed by atoms with Gasteiger partial charge in [0.2, 0.25) is 5.76 Å². The second-order valence-electron chi connectivity index (χ2n) is 6.61. The van der Waals surface area contributed by atoms with Crippen LogP contribution >= 0.6 is 0 Å². The Labute approximate surface area is 150 Å². The zero-order chi connectivity index (χ0) is 18.1. The molecule has 1 aromatic carbocycles. The van der Waals surface area contributed by atoms with E-state index in [1.807, 2.05) is 41.1 Å². The highest BCUT2D eigenvalue weighted by Gasteiger charge is 2.34. The zero-order valence-corrected chi connectivity index (χ0v) is 14.4. The van der Waals surface area contributed by atoms with Crippen molar-refractivity contribution in [2.75, 3.05) is 0 Å². The molecule has 3 aromatic rings. The molecular formula is C19H20N4O3. The first-order chi connectivity index (χ1) is 12.6. The van der Waals surface area contributed by atoms with E-state index in [0.717, 1.165) is 24.1 Å². The Morgan fingerprint density at radius 3 is 2.81 bits per heavy atom. The Morgan fingerprint density at radius 1 is 1.31 bits per heavy atom. The number of aromatic nitrogens is 3. The van der Waals surface area contributed by atoms with Crippen molar-refractivity contribution in [1.29, 1.82) is 0 Å². The fourth-order valence-electron chi connectivity index (χ4n) is 3.25. The molecule has 2 aromatic heterocycles. The van der Waals surface area contributed by atoms with E-state index in [4.69, 9.17) is 4.52 Å². The van der Waals surface area contributed by atoms with Crippen LogP contribution in [0, 0.1) is 0 Å². The van der Waals surface area contributed by atoms with Gasteiger partial charge in [0.25, 0.3) is 5.91 Å². The first kappa shape index (κ1) is 16.5. The Balaban J connectivity index is 1.36. The van der Waals surface area contributed by atoms with Gasteiger partial charge in [0.15, 0.2) is 0 Å². The largest absolute Gasteiger partial charge is 0.387 e. The van der Waals surface area contributed by atoms with Gasteiger partial charge >= 0.3 is 0 Å². The number of hydrogen-bond donors (Lipinski definition) is 2. The first-order valence-electron chi connectivity index (χ1n) is 8.66. The van der Waals surface area contributed by atoms with E-state index in [9.17, 15) is 9.90 Å². The molecule has 4 rings (SSSR count). The summed E-state index contributed by atoms with van der Waals surface area (Å²) in [7, 11) is 0. The lowest BCUT2D eigenvalue weighted by atomic mass is 9.86. The lowest BCUT2D eigenvalue weighted by Gasteiger charge is -2.36. The van der Waals surface area contributed by atoms with E-state index >= 15 is 0 Å². The fourth-order valence-corrected chi connectivity index (χ4v) is 3.25. The minimum Gasteiger partial charge on any atom is -0.387 e. The summed E-state index contributed by atoms with van der Waals surface area (Å²) in [6, 6.07) is 13.3. The summed E-state index contributed by atoms with van der Waals surface area (Å²) < 4.78 is 7.03. The van der Waals surface area contributed by atoms with Crippen LogP contribution in [0.2, 0.25) is 0 Å². The van der Waals surface area contributed by atoms with Crippen molar-refractivity contribution in [2.45, 2.75) is 38.0 Å². The average molecular weight is 352 g/mol. The Bertz CT molecular complexity index is 894. The summed E-state index contributed by atoms with van der Waals surface area (Å²) in [6.45, 7) is 1.72. The maximum atomic E-state index is 12.4. The summed E-state index contributed by atoms with van der Waals surface area (Å²) in [4.78, 5) is 12.4. The third-order valence-electron chi connectivity index (χ3n) is 4.73. The number of hydrogen-bond acceptors (Lipinski definition) is 5. The van der Waals surface area contributed by atoms with Crippen LogP contribution < -0.4 is 5.32 Å².